The Bertz CT molecular complexity index is 244. The maximum atomic E-state index is 9.05. The predicted octanol–water partition coefficient (Wildman–Crippen LogP) is 2.22. The zero-order valence-corrected chi connectivity index (χ0v) is 8.81. The van der Waals surface area contributed by atoms with Crippen LogP contribution in [0.25, 0.3) is 0 Å². The molecule has 0 bridgehead atoms. The Balaban J connectivity index is 2.40. The molecule has 78 valence electrons. The topological polar surface area (TPSA) is 29.5 Å². The van der Waals surface area contributed by atoms with E-state index in [1.54, 1.807) is 0 Å². The Labute approximate surface area is 85.5 Å². The average molecular weight is 194 g/mol. The minimum absolute atomic E-state index is 0.0600. The summed E-state index contributed by atoms with van der Waals surface area (Å²) in [7, 11) is 0. The second-order valence-electron chi connectivity index (χ2n) is 3.76. The van der Waals surface area contributed by atoms with Crippen LogP contribution in [0.5, 0.6) is 0 Å². The largest absolute Gasteiger partial charge is 0.394 e. The van der Waals surface area contributed by atoms with Crippen LogP contribution >= 0.6 is 0 Å². The summed E-state index contributed by atoms with van der Waals surface area (Å²) in [5.74, 6) is 0.351. The van der Waals surface area contributed by atoms with Gasteiger partial charge in [0.1, 0.15) is 0 Å². The van der Waals surface area contributed by atoms with Crippen molar-refractivity contribution in [3.63, 3.8) is 0 Å². The minimum atomic E-state index is -0.0600. The number of hydrogen-bond acceptors (Lipinski definition) is 2. The lowest BCUT2D eigenvalue weighted by Gasteiger charge is -2.18. The monoisotopic (exact) mass is 194 g/mol. The molecule has 0 aromatic heterocycles. The Morgan fingerprint density at radius 1 is 1.21 bits per heavy atom. The highest BCUT2D eigenvalue weighted by atomic mass is 16.5. The van der Waals surface area contributed by atoms with E-state index in [1.165, 1.54) is 0 Å². The lowest BCUT2D eigenvalue weighted by atomic mass is 10.1. The number of benzene rings is 1. The molecular formula is C12H18O2. The fraction of sp³-hybridized carbons (Fsp3) is 0.500. The standard InChI is InChI=1S/C12H18O2/c1-10(2)12(8-13)14-9-11-6-4-3-5-7-11/h3-7,10,12-13H,8-9H2,1-2H3/t12-/m0/s1. The molecule has 0 aliphatic carbocycles. The zero-order chi connectivity index (χ0) is 10.4. The van der Waals surface area contributed by atoms with Gasteiger partial charge in [0.2, 0.25) is 0 Å². The minimum Gasteiger partial charge on any atom is -0.394 e. The first kappa shape index (κ1) is 11.2. The lowest BCUT2D eigenvalue weighted by Crippen LogP contribution is -2.23. The highest BCUT2D eigenvalue weighted by molar-refractivity contribution is 5.13. The molecule has 0 unspecified atom stereocenters. The van der Waals surface area contributed by atoms with Crippen molar-refractivity contribution in [2.24, 2.45) is 5.92 Å². The molecule has 1 rings (SSSR count). The van der Waals surface area contributed by atoms with Crippen LogP contribution in [-0.2, 0) is 11.3 Å². The molecule has 1 atom stereocenters. The van der Waals surface area contributed by atoms with Crippen LogP contribution in [0.15, 0.2) is 30.3 Å². The van der Waals surface area contributed by atoms with Gasteiger partial charge in [0.05, 0.1) is 19.3 Å². The van der Waals surface area contributed by atoms with Gasteiger partial charge in [0.25, 0.3) is 0 Å². The maximum absolute atomic E-state index is 9.05. The smallest absolute Gasteiger partial charge is 0.0833 e. The van der Waals surface area contributed by atoms with E-state index < -0.39 is 0 Å². The lowest BCUT2D eigenvalue weighted by molar-refractivity contribution is -0.0240. The fourth-order valence-corrected chi connectivity index (χ4v) is 1.23. The van der Waals surface area contributed by atoms with E-state index in [0.717, 1.165) is 5.56 Å². The highest BCUT2D eigenvalue weighted by Crippen LogP contribution is 2.09. The van der Waals surface area contributed by atoms with Crippen LogP contribution in [0.1, 0.15) is 19.4 Å². The number of aliphatic hydroxyl groups is 1. The molecule has 0 heterocycles. The molecule has 2 nitrogen and oxygen atoms in total. The zero-order valence-electron chi connectivity index (χ0n) is 8.81. The van der Waals surface area contributed by atoms with Crippen molar-refractivity contribution < 1.29 is 9.84 Å². The molecule has 0 spiro atoms. The van der Waals surface area contributed by atoms with E-state index in [2.05, 4.69) is 0 Å². The van der Waals surface area contributed by atoms with Crippen LogP contribution in [0.4, 0.5) is 0 Å². The van der Waals surface area contributed by atoms with E-state index in [9.17, 15) is 0 Å². The van der Waals surface area contributed by atoms with Crippen LogP contribution < -0.4 is 0 Å². The predicted molar refractivity (Wildman–Crippen MR) is 56.9 cm³/mol. The molecule has 0 aliphatic heterocycles. The molecule has 0 fully saturated rings. The van der Waals surface area contributed by atoms with Crippen molar-refractivity contribution in [3.05, 3.63) is 35.9 Å². The molecular weight excluding hydrogens is 176 g/mol. The summed E-state index contributed by atoms with van der Waals surface area (Å²) >= 11 is 0. The SMILES string of the molecule is CC(C)[C@H](CO)OCc1ccccc1. The van der Waals surface area contributed by atoms with Gasteiger partial charge in [0, 0.05) is 0 Å². The number of aliphatic hydroxyl groups excluding tert-OH is 1. The van der Waals surface area contributed by atoms with Crippen LogP contribution in [0.2, 0.25) is 0 Å². The Morgan fingerprint density at radius 2 is 1.86 bits per heavy atom. The first-order valence-corrected chi connectivity index (χ1v) is 5.00. The average Bonchev–Trinajstić information content (AvgIpc) is 2.20. The fourth-order valence-electron chi connectivity index (χ4n) is 1.23. The van der Waals surface area contributed by atoms with Gasteiger partial charge in [-0.25, -0.2) is 0 Å². The first-order valence-electron chi connectivity index (χ1n) is 5.00. The van der Waals surface area contributed by atoms with E-state index in [1.807, 2.05) is 44.2 Å². The molecule has 2 heteroatoms. The third kappa shape index (κ3) is 3.48. The third-order valence-corrected chi connectivity index (χ3v) is 2.23. The second kappa shape index (κ2) is 5.78. The molecule has 1 aromatic carbocycles. The van der Waals surface area contributed by atoms with Gasteiger partial charge < -0.3 is 9.84 Å². The van der Waals surface area contributed by atoms with Gasteiger partial charge in [-0.05, 0) is 11.5 Å². The van der Waals surface area contributed by atoms with E-state index in [0.29, 0.717) is 12.5 Å². The molecule has 0 saturated carbocycles. The summed E-state index contributed by atoms with van der Waals surface area (Å²) in [5.41, 5.74) is 1.15. The van der Waals surface area contributed by atoms with Gasteiger partial charge in [-0.1, -0.05) is 44.2 Å². The second-order valence-corrected chi connectivity index (χ2v) is 3.76. The molecule has 0 saturated heterocycles. The van der Waals surface area contributed by atoms with Crippen molar-refractivity contribution in [3.8, 4) is 0 Å². The number of rotatable bonds is 5. The first-order chi connectivity index (χ1) is 6.74. The van der Waals surface area contributed by atoms with Crippen molar-refractivity contribution >= 4 is 0 Å². The van der Waals surface area contributed by atoms with E-state index in [-0.39, 0.29) is 12.7 Å². The van der Waals surface area contributed by atoms with Gasteiger partial charge in [-0.3, -0.25) is 0 Å². The van der Waals surface area contributed by atoms with Gasteiger partial charge >= 0.3 is 0 Å². The van der Waals surface area contributed by atoms with Crippen LogP contribution in [0.3, 0.4) is 0 Å². The molecule has 0 aliphatic rings. The maximum Gasteiger partial charge on any atom is 0.0833 e. The van der Waals surface area contributed by atoms with Crippen molar-refractivity contribution in [1.82, 2.24) is 0 Å². The summed E-state index contributed by atoms with van der Waals surface area (Å²) in [6, 6.07) is 10.0. The Morgan fingerprint density at radius 3 is 2.36 bits per heavy atom. The molecule has 1 aromatic rings. The van der Waals surface area contributed by atoms with E-state index in [4.69, 9.17) is 9.84 Å². The number of ether oxygens (including phenoxy) is 1. The number of hydrogen-bond donors (Lipinski definition) is 1. The summed E-state index contributed by atoms with van der Waals surface area (Å²) in [6.45, 7) is 4.76. The summed E-state index contributed by atoms with van der Waals surface area (Å²) < 4.78 is 5.59. The van der Waals surface area contributed by atoms with E-state index >= 15 is 0 Å². The van der Waals surface area contributed by atoms with Gasteiger partial charge in [-0.2, -0.15) is 0 Å². The van der Waals surface area contributed by atoms with Crippen LogP contribution in [-0.4, -0.2) is 17.8 Å². The Hall–Kier alpha value is -0.860. The molecule has 0 amide bonds. The van der Waals surface area contributed by atoms with Crippen molar-refractivity contribution in [2.75, 3.05) is 6.61 Å². The van der Waals surface area contributed by atoms with Gasteiger partial charge in [0.15, 0.2) is 0 Å². The summed E-state index contributed by atoms with van der Waals surface area (Å²) in [6.07, 6.45) is -0.0600. The highest BCUT2D eigenvalue weighted by Gasteiger charge is 2.11. The molecule has 0 radical (unpaired) electrons. The third-order valence-electron chi connectivity index (χ3n) is 2.23. The quantitative estimate of drug-likeness (QED) is 0.778. The van der Waals surface area contributed by atoms with Gasteiger partial charge in [-0.15, -0.1) is 0 Å². The normalized spacial score (nSPS) is 13.1. The van der Waals surface area contributed by atoms with Crippen LogP contribution in [0, 0.1) is 5.92 Å². The Kier molecular flexibility index (Phi) is 4.63. The van der Waals surface area contributed by atoms with Crippen molar-refractivity contribution in [2.45, 2.75) is 26.6 Å². The summed E-state index contributed by atoms with van der Waals surface area (Å²) in [5, 5.41) is 9.05. The molecule has 14 heavy (non-hydrogen) atoms. The van der Waals surface area contributed by atoms with Crippen molar-refractivity contribution in [1.29, 1.82) is 0 Å². The summed E-state index contributed by atoms with van der Waals surface area (Å²) in [4.78, 5) is 0. The molecule has 1 N–H and O–H groups in total.